The second kappa shape index (κ2) is 4.09. The monoisotopic (exact) mass is 165 g/mol. The van der Waals surface area contributed by atoms with Gasteiger partial charge in [-0.2, -0.15) is 0 Å². The Bertz CT molecular complexity index is 247. The van der Waals surface area contributed by atoms with Crippen LogP contribution in [0.2, 0.25) is 0 Å². The molecule has 0 aliphatic heterocycles. The predicted molar refractivity (Wildman–Crippen MR) is 52.2 cm³/mol. The fraction of sp³-hybridized carbons (Fsp3) is 0.111. The summed E-state index contributed by atoms with van der Waals surface area (Å²) >= 11 is 1.64. The van der Waals surface area contributed by atoms with Crippen molar-refractivity contribution >= 4 is 16.7 Å². The molecule has 0 bridgehead atoms. The molecule has 58 valence electrons. The summed E-state index contributed by atoms with van der Waals surface area (Å²) in [5, 5.41) is 1.84. The largest absolute Gasteiger partial charge is 0.367 e. The summed E-state index contributed by atoms with van der Waals surface area (Å²) < 4.78 is 0. The van der Waals surface area contributed by atoms with Gasteiger partial charge in [0.2, 0.25) is 0 Å². The molecule has 1 heterocycles. The van der Waals surface area contributed by atoms with Crippen molar-refractivity contribution in [2.75, 3.05) is 0 Å². The molecule has 0 saturated carbocycles. The van der Waals surface area contributed by atoms with Crippen molar-refractivity contribution in [3.05, 3.63) is 42.1 Å². The van der Waals surface area contributed by atoms with Crippen LogP contribution < -0.4 is 0 Å². The number of allylic oxidation sites excluding steroid dienone is 1. The van der Waals surface area contributed by atoms with Crippen LogP contribution in [-0.4, -0.2) is 4.98 Å². The molecular weight excluding hydrogens is 154 g/mol. The fourth-order valence-corrected chi connectivity index (χ4v) is 1.45. The molecule has 0 aromatic carbocycles. The first-order valence-corrected chi connectivity index (χ1v) is 4.33. The van der Waals surface area contributed by atoms with Gasteiger partial charge in [0.25, 0.3) is 0 Å². The highest BCUT2D eigenvalue weighted by Crippen LogP contribution is 2.26. The third-order valence-electron chi connectivity index (χ3n) is 1.35. The summed E-state index contributed by atoms with van der Waals surface area (Å²) in [5.74, 6) is 0. The highest BCUT2D eigenvalue weighted by molar-refractivity contribution is 8.10. The van der Waals surface area contributed by atoms with E-state index in [4.69, 9.17) is 0 Å². The van der Waals surface area contributed by atoms with Gasteiger partial charge in [0.15, 0.2) is 0 Å². The summed E-state index contributed by atoms with van der Waals surface area (Å²) in [4.78, 5) is 4.25. The van der Waals surface area contributed by atoms with Crippen LogP contribution in [0, 0.1) is 0 Å². The van der Waals surface area contributed by atoms with Gasteiger partial charge >= 0.3 is 0 Å². The maximum Gasteiger partial charge on any atom is 0.0161 e. The molecule has 0 aliphatic rings. The van der Waals surface area contributed by atoms with E-state index < -0.39 is 0 Å². The minimum atomic E-state index is 1.22. The molecule has 0 radical (unpaired) electrons. The standard InChI is InChI=1S/C9H11NS/c1-3-9(11-4-2)8-5-6-10-7-8/h3-7,10H,2H2,1H3/b9-3-. The van der Waals surface area contributed by atoms with Crippen LogP contribution in [0.1, 0.15) is 12.5 Å². The van der Waals surface area contributed by atoms with E-state index >= 15 is 0 Å². The van der Waals surface area contributed by atoms with Gasteiger partial charge in [-0.05, 0) is 18.4 Å². The number of thioether (sulfide) groups is 1. The first-order valence-electron chi connectivity index (χ1n) is 3.45. The van der Waals surface area contributed by atoms with Gasteiger partial charge in [-0.25, -0.2) is 0 Å². The van der Waals surface area contributed by atoms with Crippen molar-refractivity contribution in [2.45, 2.75) is 6.92 Å². The van der Waals surface area contributed by atoms with Gasteiger partial charge in [0.05, 0.1) is 0 Å². The quantitative estimate of drug-likeness (QED) is 0.727. The maximum absolute atomic E-state index is 3.67. The molecule has 0 fully saturated rings. The smallest absolute Gasteiger partial charge is 0.0161 e. The normalized spacial score (nSPS) is 11.5. The van der Waals surface area contributed by atoms with Crippen LogP contribution in [0.25, 0.3) is 4.91 Å². The van der Waals surface area contributed by atoms with E-state index in [9.17, 15) is 0 Å². The fourth-order valence-electron chi connectivity index (χ4n) is 0.870. The van der Waals surface area contributed by atoms with Crippen LogP contribution in [0.5, 0.6) is 0 Å². The second-order valence-electron chi connectivity index (χ2n) is 2.04. The zero-order chi connectivity index (χ0) is 8.10. The van der Waals surface area contributed by atoms with Crippen molar-refractivity contribution in [1.82, 2.24) is 4.98 Å². The summed E-state index contributed by atoms with van der Waals surface area (Å²) in [6, 6.07) is 2.05. The lowest BCUT2D eigenvalue weighted by atomic mass is 10.3. The summed E-state index contributed by atoms with van der Waals surface area (Å²) in [6.45, 7) is 5.70. The Morgan fingerprint density at radius 2 is 2.55 bits per heavy atom. The Kier molecular flexibility index (Phi) is 3.05. The number of H-pyrrole nitrogens is 1. The van der Waals surface area contributed by atoms with Crippen molar-refractivity contribution in [3.8, 4) is 0 Å². The van der Waals surface area contributed by atoms with Crippen molar-refractivity contribution in [3.63, 3.8) is 0 Å². The Balaban J connectivity index is 2.80. The Morgan fingerprint density at radius 1 is 1.73 bits per heavy atom. The first-order chi connectivity index (χ1) is 5.38. The van der Waals surface area contributed by atoms with E-state index in [2.05, 4.69) is 17.6 Å². The van der Waals surface area contributed by atoms with Crippen LogP contribution in [-0.2, 0) is 0 Å². The topological polar surface area (TPSA) is 15.8 Å². The molecule has 1 rings (SSSR count). The zero-order valence-corrected chi connectivity index (χ0v) is 7.32. The second-order valence-corrected chi connectivity index (χ2v) is 3.05. The zero-order valence-electron chi connectivity index (χ0n) is 6.50. The van der Waals surface area contributed by atoms with Crippen LogP contribution in [0.15, 0.2) is 36.5 Å². The number of aromatic nitrogens is 1. The SMILES string of the molecule is C=CS/C(=C\C)c1cc[nH]c1. The minimum absolute atomic E-state index is 1.22. The number of rotatable bonds is 3. The summed E-state index contributed by atoms with van der Waals surface area (Å²) in [7, 11) is 0. The lowest BCUT2D eigenvalue weighted by Gasteiger charge is -1.97. The lowest BCUT2D eigenvalue weighted by Crippen LogP contribution is -1.70. The van der Waals surface area contributed by atoms with E-state index in [-0.39, 0.29) is 0 Å². The Labute approximate surface area is 71.2 Å². The van der Waals surface area contributed by atoms with Gasteiger partial charge in [-0.1, -0.05) is 24.4 Å². The highest BCUT2D eigenvalue weighted by Gasteiger charge is 1.97. The molecule has 11 heavy (non-hydrogen) atoms. The molecule has 0 aliphatic carbocycles. The van der Waals surface area contributed by atoms with Crippen LogP contribution in [0.4, 0.5) is 0 Å². The van der Waals surface area contributed by atoms with Crippen molar-refractivity contribution < 1.29 is 0 Å². The Hall–Kier alpha value is -0.890. The molecule has 1 aromatic rings. The average molecular weight is 165 g/mol. The number of nitrogens with one attached hydrogen (secondary N) is 1. The lowest BCUT2D eigenvalue weighted by molar-refractivity contribution is 1.41. The molecule has 0 atom stereocenters. The van der Waals surface area contributed by atoms with Gasteiger partial charge in [-0.3, -0.25) is 0 Å². The van der Waals surface area contributed by atoms with Gasteiger partial charge in [-0.15, -0.1) is 0 Å². The molecule has 0 saturated heterocycles. The molecular formula is C9H11NS. The third-order valence-corrected chi connectivity index (χ3v) is 2.25. The number of aromatic amines is 1. The van der Waals surface area contributed by atoms with E-state index in [1.807, 2.05) is 30.8 Å². The van der Waals surface area contributed by atoms with Gasteiger partial charge in [0.1, 0.15) is 0 Å². The molecule has 1 nitrogen and oxygen atoms in total. The first kappa shape index (κ1) is 8.21. The maximum atomic E-state index is 3.67. The van der Waals surface area contributed by atoms with E-state index in [1.165, 1.54) is 10.5 Å². The molecule has 2 heteroatoms. The molecule has 1 aromatic heterocycles. The summed E-state index contributed by atoms with van der Waals surface area (Å²) in [6.07, 6.45) is 5.98. The molecule has 1 N–H and O–H groups in total. The van der Waals surface area contributed by atoms with Crippen molar-refractivity contribution in [1.29, 1.82) is 0 Å². The van der Waals surface area contributed by atoms with Gasteiger partial charge in [0, 0.05) is 22.9 Å². The summed E-state index contributed by atoms with van der Waals surface area (Å²) in [5.41, 5.74) is 1.22. The third kappa shape index (κ3) is 2.02. The van der Waals surface area contributed by atoms with Crippen LogP contribution >= 0.6 is 11.8 Å². The van der Waals surface area contributed by atoms with E-state index in [0.29, 0.717) is 0 Å². The predicted octanol–water partition coefficient (Wildman–Crippen LogP) is 3.25. The number of hydrogen-bond acceptors (Lipinski definition) is 1. The minimum Gasteiger partial charge on any atom is -0.367 e. The highest BCUT2D eigenvalue weighted by atomic mass is 32.2. The molecule has 0 amide bonds. The van der Waals surface area contributed by atoms with E-state index in [1.54, 1.807) is 11.8 Å². The molecule has 0 unspecified atom stereocenters. The van der Waals surface area contributed by atoms with E-state index in [0.717, 1.165) is 0 Å². The molecule has 0 spiro atoms. The Morgan fingerprint density at radius 3 is 3.00 bits per heavy atom. The van der Waals surface area contributed by atoms with Crippen molar-refractivity contribution in [2.24, 2.45) is 0 Å². The van der Waals surface area contributed by atoms with Gasteiger partial charge < -0.3 is 4.98 Å². The average Bonchev–Trinajstić information content (AvgIpc) is 2.52. The number of hydrogen-bond donors (Lipinski definition) is 1. The van der Waals surface area contributed by atoms with Crippen LogP contribution in [0.3, 0.4) is 0 Å².